The molecule has 15 nitrogen and oxygen atoms in total. The number of amides is 1. The van der Waals surface area contributed by atoms with E-state index in [4.69, 9.17) is 19.0 Å². The predicted molar refractivity (Wildman–Crippen MR) is 219 cm³/mol. The summed E-state index contributed by atoms with van der Waals surface area (Å²) < 4.78 is 67.0. The van der Waals surface area contributed by atoms with E-state index >= 15 is 0 Å². The van der Waals surface area contributed by atoms with Crippen molar-refractivity contribution in [3.63, 3.8) is 0 Å². The Bertz CT molecular complexity index is 2960. The van der Waals surface area contributed by atoms with Crippen molar-refractivity contribution < 1.29 is 35.5 Å². The molecule has 59 heavy (non-hydrogen) atoms. The van der Waals surface area contributed by atoms with Crippen LogP contribution in [0, 0.1) is 24.0 Å². The van der Waals surface area contributed by atoms with E-state index in [1.54, 1.807) is 65.0 Å². The van der Waals surface area contributed by atoms with Gasteiger partial charge >= 0.3 is 10.1 Å². The van der Waals surface area contributed by atoms with Crippen LogP contribution in [0.2, 0.25) is 0 Å². The van der Waals surface area contributed by atoms with Crippen LogP contribution in [0.25, 0.3) is 5.69 Å². The van der Waals surface area contributed by atoms with Gasteiger partial charge in [-0.3, -0.25) is 14.9 Å². The zero-order valence-electron chi connectivity index (χ0n) is 32.3. The molecule has 2 aliphatic heterocycles. The average molecular weight is 833 g/mol. The molecule has 0 radical (unpaired) electrons. The first-order valence-corrected chi connectivity index (χ1v) is 21.2. The number of non-ortho nitro benzene ring substituents is 1. The summed E-state index contributed by atoms with van der Waals surface area (Å²) in [5, 5.41) is 19.2. The van der Waals surface area contributed by atoms with Gasteiger partial charge in [-0.05, 0) is 97.1 Å². The Morgan fingerprint density at radius 3 is 2.19 bits per heavy atom. The van der Waals surface area contributed by atoms with Crippen LogP contribution >= 0.6 is 0 Å². The van der Waals surface area contributed by atoms with Crippen molar-refractivity contribution in [2.24, 2.45) is 4.99 Å². The third-order valence-corrected chi connectivity index (χ3v) is 13.4. The average Bonchev–Trinajstić information content (AvgIpc) is 3.55. The van der Waals surface area contributed by atoms with Crippen LogP contribution < -0.4 is 19.1 Å². The molecular formula is C42H36N6O9S2. The molecule has 8 rings (SSSR count). The van der Waals surface area contributed by atoms with Crippen LogP contribution in [-0.4, -0.2) is 50.4 Å². The van der Waals surface area contributed by atoms with Crippen LogP contribution in [0.15, 0.2) is 129 Å². The lowest BCUT2D eigenvalue weighted by Gasteiger charge is -2.40. The number of hydrogen-bond donors (Lipinski definition) is 1. The number of aryl methyl sites for hydroxylation is 2. The third kappa shape index (κ3) is 6.76. The van der Waals surface area contributed by atoms with Gasteiger partial charge in [0.05, 0.1) is 50.6 Å². The number of carbonyl (C=O) groups excluding carboxylic acids is 1. The normalized spacial score (nSPS) is 14.8. The maximum Gasteiger partial charge on any atom is 0.339 e. The highest BCUT2D eigenvalue weighted by atomic mass is 32.2. The Morgan fingerprint density at radius 1 is 0.847 bits per heavy atom. The van der Waals surface area contributed by atoms with Gasteiger partial charge in [0.2, 0.25) is 15.7 Å². The summed E-state index contributed by atoms with van der Waals surface area (Å²) in [7, 11) is -7.07. The van der Waals surface area contributed by atoms with Gasteiger partial charge in [-0.1, -0.05) is 50.2 Å². The molecule has 1 unspecified atom stereocenters. The number of para-hydroxylation sites is 2. The monoisotopic (exact) mass is 832 g/mol. The fourth-order valence-corrected chi connectivity index (χ4v) is 9.68. The molecule has 17 heteroatoms. The second-order valence-corrected chi connectivity index (χ2v) is 17.8. The highest BCUT2D eigenvalue weighted by Crippen LogP contribution is 2.49. The Balaban J connectivity index is 1.22. The molecule has 0 bridgehead atoms. The number of ether oxygens (including phenoxy) is 1. The topological polar surface area (TPSA) is 192 Å². The molecule has 0 aliphatic carbocycles. The third-order valence-electron chi connectivity index (χ3n) is 10.3. The van der Waals surface area contributed by atoms with Crippen LogP contribution in [0.1, 0.15) is 53.8 Å². The van der Waals surface area contributed by atoms with E-state index < -0.39 is 42.5 Å². The Kier molecular flexibility index (Phi) is 9.59. The van der Waals surface area contributed by atoms with E-state index in [-0.39, 0.29) is 43.5 Å². The molecule has 3 heterocycles. The summed E-state index contributed by atoms with van der Waals surface area (Å²) in [6.45, 7) is 7.36. The molecule has 5 aromatic carbocycles. The van der Waals surface area contributed by atoms with Crippen LogP contribution in [0.3, 0.4) is 0 Å². The fraction of sp³-hybridized carbons (Fsp3) is 0.167. The quantitative estimate of drug-likeness (QED) is 0.0807. The van der Waals surface area contributed by atoms with E-state index in [9.17, 15) is 31.7 Å². The fourth-order valence-electron chi connectivity index (χ4n) is 7.23. The number of sulfone groups is 1. The van der Waals surface area contributed by atoms with E-state index in [1.807, 2.05) is 38.1 Å². The molecule has 0 spiro atoms. The minimum absolute atomic E-state index is 0.0233. The molecule has 1 N–H and O–H groups in total. The largest absolute Gasteiger partial charge is 0.493 e. The molecule has 2 aliphatic rings. The van der Waals surface area contributed by atoms with Crippen LogP contribution in [0.5, 0.6) is 11.5 Å². The smallest absolute Gasteiger partial charge is 0.339 e. The van der Waals surface area contributed by atoms with Gasteiger partial charge in [-0.2, -0.15) is 13.5 Å². The molecule has 300 valence electrons. The van der Waals surface area contributed by atoms with Gasteiger partial charge in [-0.15, -0.1) is 0 Å². The Hall–Kier alpha value is -6.85. The number of nitro benzene ring substituents is 1. The number of rotatable bonds is 10. The first-order chi connectivity index (χ1) is 28.1. The van der Waals surface area contributed by atoms with Crippen molar-refractivity contribution in [1.82, 2.24) is 9.78 Å². The van der Waals surface area contributed by atoms with E-state index in [0.29, 0.717) is 39.7 Å². The summed E-state index contributed by atoms with van der Waals surface area (Å²) in [5.41, 5.74) is 4.20. The second kappa shape index (κ2) is 14.5. The summed E-state index contributed by atoms with van der Waals surface area (Å²) >= 11 is 0. The van der Waals surface area contributed by atoms with Gasteiger partial charge in [0, 0.05) is 17.7 Å². The van der Waals surface area contributed by atoms with Gasteiger partial charge in [-0.25, -0.2) is 18.1 Å². The number of nitrogens with one attached hydrogen (secondary N) is 1. The predicted octanol–water partition coefficient (Wildman–Crippen LogP) is 7.72. The molecular weight excluding hydrogens is 797 g/mol. The van der Waals surface area contributed by atoms with E-state index in [2.05, 4.69) is 5.32 Å². The summed E-state index contributed by atoms with van der Waals surface area (Å²) in [4.78, 5) is 31.1. The van der Waals surface area contributed by atoms with Gasteiger partial charge in [0.25, 0.3) is 11.6 Å². The second-order valence-electron chi connectivity index (χ2n) is 14.3. The van der Waals surface area contributed by atoms with Crippen molar-refractivity contribution in [3.05, 3.63) is 147 Å². The zero-order chi connectivity index (χ0) is 42.0. The van der Waals surface area contributed by atoms with Crippen LogP contribution in [-0.2, 0) is 24.7 Å². The minimum Gasteiger partial charge on any atom is -0.493 e. The summed E-state index contributed by atoms with van der Waals surface area (Å²) in [6, 6.07) is 27.6. The summed E-state index contributed by atoms with van der Waals surface area (Å²) in [6.07, 6.45) is 0. The number of aliphatic imine (C=N–C) groups is 1. The molecule has 1 amide bonds. The number of nitrogens with zero attached hydrogens (tertiary/aromatic N) is 5. The number of carbonyl (C=O) groups is 1. The molecule has 1 aromatic heterocycles. The Morgan fingerprint density at radius 2 is 1.53 bits per heavy atom. The number of nitro groups is 1. The number of hydrogen-bond acceptors (Lipinski definition) is 12. The van der Waals surface area contributed by atoms with Crippen molar-refractivity contribution >= 4 is 54.6 Å². The lowest BCUT2D eigenvalue weighted by Crippen LogP contribution is -2.48. The lowest BCUT2D eigenvalue weighted by atomic mass is 9.93. The van der Waals surface area contributed by atoms with Crippen molar-refractivity contribution in [2.75, 3.05) is 17.3 Å². The SMILES string of the molecule is COc1cc(C2c3c(C)nn(-c4ccc(S(=O)(=O)c5ccc(C(C)C)cc5)cc4)c3N=C3C(=O)Nc4ccccc4N32)ccc1OS(=O)(=O)c1cc([N+](=O)[O-])ccc1C. The number of amidine groups is 1. The van der Waals surface area contributed by atoms with E-state index in [0.717, 1.165) is 11.6 Å². The first-order valence-electron chi connectivity index (χ1n) is 18.3. The number of benzene rings is 5. The maximum atomic E-state index is 13.8. The standard InChI is InChI=1S/C42H36N6O9S2/c1-24(2)27-11-17-31(18-12-27)58(52,53)32-19-15-29(16-20-32)47-40-38(26(4)45-47)39(46-34-9-7-6-8-33(34)43-42(49)41(46)44-40)28-13-21-35(36(22-28)56-5)57-59(54,55)37-23-30(48(50)51)14-10-25(37)3/h6-24,39H,1-5H3,(H,43,49). The van der Waals surface area contributed by atoms with Gasteiger partial charge in [0.1, 0.15) is 4.90 Å². The highest BCUT2D eigenvalue weighted by Gasteiger charge is 2.43. The number of anilines is 2. The van der Waals surface area contributed by atoms with E-state index in [1.165, 1.54) is 44.4 Å². The number of methoxy groups -OCH3 is 1. The van der Waals surface area contributed by atoms with Gasteiger partial charge < -0.3 is 19.1 Å². The zero-order valence-corrected chi connectivity index (χ0v) is 33.9. The lowest BCUT2D eigenvalue weighted by molar-refractivity contribution is -0.385. The summed E-state index contributed by atoms with van der Waals surface area (Å²) in [5.74, 6) is -0.0273. The minimum atomic E-state index is -4.57. The maximum absolute atomic E-state index is 13.8. The van der Waals surface area contributed by atoms with Crippen molar-refractivity contribution in [2.45, 2.75) is 54.3 Å². The molecule has 1 atom stereocenters. The molecule has 0 fully saturated rings. The Labute approximate surface area is 339 Å². The molecule has 0 saturated heterocycles. The first kappa shape index (κ1) is 39.0. The highest BCUT2D eigenvalue weighted by molar-refractivity contribution is 7.91. The van der Waals surface area contributed by atoms with Crippen LogP contribution in [0.4, 0.5) is 22.9 Å². The van der Waals surface area contributed by atoms with Crippen molar-refractivity contribution in [1.29, 1.82) is 0 Å². The number of fused-ring (bicyclic) bond motifs is 4. The van der Waals surface area contributed by atoms with Crippen molar-refractivity contribution in [3.8, 4) is 17.2 Å². The molecule has 0 saturated carbocycles. The molecule has 6 aromatic rings. The van der Waals surface area contributed by atoms with Gasteiger partial charge in [0.15, 0.2) is 17.3 Å². The number of aromatic nitrogens is 2.